The molecule has 0 saturated heterocycles. The van der Waals surface area contributed by atoms with Gasteiger partial charge >= 0.3 is 0 Å². The van der Waals surface area contributed by atoms with Crippen molar-refractivity contribution in [3.05, 3.63) is 52.1 Å². The maximum absolute atomic E-state index is 13.0. The summed E-state index contributed by atoms with van der Waals surface area (Å²) in [5, 5.41) is 15.6. The molecule has 10 heteroatoms. The third kappa shape index (κ3) is 4.37. The van der Waals surface area contributed by atoms with Gasteiger partial charge in [-0.05, 0) is 19.1 Å². The molecule has 2 N–H and O–H groups in total. The number of thiazole rings is 1. The minimum Gasteiger partial charge on any atom is -0.346 e. The number of aromatic nitrogens is 4. The Bertz CT molecular complexity index is 922. The van der Waals surface area contributed by atoms with Gasteiger partial charge in [0.05, 0.1) is 24.1 Å². The average molecular weight is 376 g/mol. The van der Waals surface area contributed by atoms with Crippen LogP contribution in [0.1, 0.15) is 23.5 Å². The smallest absolute Gasteiger partial charge is 0.226 e. The molecule has 3 aromatic heterocycles. The van der Waals surface area contributed by atoms with E-state index in [2.05, 4.69) is 30.6 Å². The molecule has 126 valence electrons. The molecule has 0 unspecified atom stereocenters. The molecule has 0 radical (unpaired) electrons. The lowest BCUT2D eigenvalue weighted by atomic mass is 10.2. The number of anilines is 3. The van der Waals surface area contributed by atoms with Gasteiger partial charge in [-0.2, -0.15) is 10.2 Å². The van der Waals surface area contributed by atoms with E-state index in [1.807, 2.05) is 13.0 Å². The Labute approximate surface area is 151 Å². The highest BCUT2D eigenvalue weighted by atomic mass is 35.5. The summed E-state index contributed by atoms with van der Waals surface area (Å²) in [6, 6.07) is 6.22. The normalized spacial score (nSPS) is 11.6. The Hall–Kier alpha value is -2.83. The Morgan fingerprint density at radius 1 is 1.28 bits per heavy atom. The van der Waals surface area contributed by atoms with Crippen molar-refractivity contribution in [3.63, 3.8) is 0 Å². The summed E-state index contributed by atoms with van der Waals surface area (Å²) in [6.45, 7) is 1.84. The molecular weight excluding hydrogens is 365 g/mol. The summed E-state index contributed by atoms with van der Waals surface area (Å²) in [5.74, 6) is 0.313. The second kappa shape index (κ2) is 7.38. The van der Waals surface area contributed by atoms with Gasteiger partial charge in [-0.3, -0.25) is 4.98 Å². The summed E-state index contributed by atoms with van der Waals surface area (Å²) in [7, 11) is 0. The van der Waals surface area contributed by atoms with Gasteiger partial charge in [0.2, 0.25) is 5.95 Å². The molecule has 1 atom stereocenters. The number of hydrogen-bond donors (Lipinski definition) is 2. The van der Waals surface area contributed by atoms with Crippen LogP contribution in [-0.2, 0) is 0 Å². The van der Waals surface area contributed by atoms with Crippen LogP contribution in [0.5, 0.6) is 0 Å². The van der Waals surface area contributed by atoms with Gasteiger partial charge in [-0.25, -0.2) is 14.4 Å². The van der Waals surface area contributed by atoms with Crippen LogP contribution in [0.15, 0.2) is 30.6 Å². The maximum atomic E-state index is 13.0. The lowest BCUT2D eigenvalue weighted by Crippen LogP contribution is -2.11. The SMILES string of the molecule is C[C@H](Nc1nc(Cl)cc(Nc2ncc(C#N)s2)n1)c1ccc(F)cn1. The summed E-state index contributed by atoms with van der Waals surface area (Å²) in [6.07, 6.45) is 2.62. The molecule has 0 spiro atoms. The van der Waals surface area contributed by atoms with Crippen LogP contribution in [-0.4, -0.2) is 19.9 Å². The van der Waals surface area contributed by atoms with E-state index in [4.69, 9.17) is 16.9 Å². The molecule has 0 amide bonds. The standard InChI is InChI=1S/C15H11ClFN7S/c1-8(11-3-2-9(17)6-19-11)21-14-22-12(16)4-13(23-14)24-15-20-7-10(5-18)25-15/h2-4,6-8H,1H3,(H2,20,21,22,23,24)/t8-/m0/s1. The number of nitrogens with one attached hydrogen (secondary N) is 2. The van der Waals surface area contributed by atoms with Gasteiger partial charge in [0.25, 0.3) is 0 Å². The predicted molar refractivity (Wildman–Crippen MR) is 93.4 cm³/mol. The first-order chi connectivity index (χ1) is 12.0. The second-order valence-electron chi connectivity index (χ2n) is 4.93. The van der Waals surface area contributed by atoms with Crippen molar-refractivity contribution in [2.75, 3.05) is 10.6 Å². The first kappa shape index (κ1) is 17.0. The Morgan fingerprint density at radius 3 is 2.80 bits per heavy atom. The van der Waals surface area contributed by atoms with Crippen LogP contribution in [0, 0.1) is 17.1 Å². The summed E-state index contributed by atoms with van der Waals surface area (Å²) in [5.41, 5.74) is 0.637. The van der Waals surface area contributed by atoms with Gasteiger partial charge in [0, 0.05) is 6.07 Å². The molecule has 7 nitrogen and oxygen atoms in total. The second-order valence-corrected chi connectivity index (χ2v) is 6.35. The van der Waals surface area contributed by atoms with E-state index in [0.29, 0.717) is 21.5 Å². The highest BCUT2D eigenvalue weighted by molar-refractivity contribution is 7.16. The number of hydrogen-bond acceptors (Lipinski definition) is 8. The molecule has 25 heavy (non-hydrogen) atoms. The lowest BCUT2D eigenvalue weighted by Gasteiger charge is -2.14. The van der Waals surface area contributed by atoms with Gasteiger partial charge in [-0.1, -0.05) is 22.9 Å². The van der Waals surface area contributed by atoms with Crippen molar-refractivity contribution in [2.45, 2.75) is 13.0 Å². The largest absolute Gasteiger partial charge is 0.346 e. The van der Waals surface area contributed by atoms with Crippen LogP contribution in [0.3, 0.4) is 0 Å². The van der Waals surface area contributed by atoms with Crippen LogP contribution in [0.25, 0.3) is 0 Å². The van der Waals surface area contributed by atoms with Crippen LogP contribution in [0.4, 0.5) is 21.3 Å². The van der Waals surface area contributed by atoms with Crippen molar-refractivity contribution in [1.29, 1.82) is 5.26 Å². The number of nitriles is 1. The minimum absolute atomic E-state index is 0.233. The molecule has 3 aromatic rings. The molecule has 0 fully saturated rings. The topological polar surface area (TPSA) is 99.4 Å². The summed E-state index contributed by atoms with van der Waals surface area (Å²) in [4.78, 5) is 17.0. The van der Waals surface area contributed by atoms with Crippen LogP contribution >= 0.6 is 22.9 Å². The van der Waals surface area contributed by atoms with Gasteiger partial charge in [0.1, 0.15) is 27.7 Å². The fraction of sp³-hybridized carbons (Fsp3) is 0.133. The van der Waals surface area contributed by atoms with E-state index >= 15 is 0 Å². The zero-order chi connectivity index (χ0) is 17.8. The molecule has 0 saturated carbocycles. The zero-order valence-electron chi connectivity index (χ0n) is 12.9. The first-order valence-corrected chi connectivity index (χ1v) is 8.28. The molecule has 0 aliphatic carbocycles. The van der Waals surface area contributed by atoms with Crippen molar-refractivity contribution < 1.29 is 4.39 Å². The highest BCUT2D eigenvalue weighted by Crippen LogP contribution is 2.24. The van der Waals surface area contributed by atoms with E-state index in [9.17, 15) is 4.39 Å². The molecule has 0 bridgehead atoms. The molecule has 0 aromatic carbocycles. The fourth-order valence-electron chi connectivity index (χ4n) is 1.95. The molecule has 0 aliphatic heterocycles. The average Bonchev–Trinajstić information content (AvgIpc) is 3.02. The molecule has 0 aliphatic rings. The van der Waals surface area contributed by atoms with Crippen LogP contribution in [0.2, 0.25) is 5.15 Å². The van der Waals surface area contributed by atoms with Crippen LogP contribution < -0.4 is 10.6 Å². The quantitative estimate of drug-likeness (QED) is 0.652. The van der Waals surface area contributed by atoms with Crippen molar-refractivity contribution >= 4 is 39.8 Å². The van der Waals surface area contributed by atoms with Gasteiger partial charge < -0.3 is 10.6 Å². The van der Waals surface area contributed by atoms with Crippen molar-refractivity contribution in [2.24, 2.45) is 0 Å². The minimum atomic E-state index is -0.401. The van der Waals surface area contributed by atoms with Gasteiger partial charge in [-0.15, -0.1) is 0 Å². The fourth-order valence-corrected chi connectivity index (χ4v) is 2.75. The Balaban J connectivity index is 1.76. The monoisotopic (exact) mass is 375 g/mol. The first-order valence-electron chi connectivity index (χ1n) is 7.09. The van der Waals surface area contributed by atoms with Gasteiger partial charge in [0.15, 0.2) is 5.13 Å². The van der Waals surface area contributed by atoms with E-state index in [-0.39, 0.29) is 17.1 Å². The van der Waals surface area contributed by atoms with E-state index < -0.39 is 5.82 Å². The van der Waals surface area contributed by atoms with Crippen molar-refractivity contribution in [1.82, 2.24) is 19.9 Å². The zero-order valence-corrected chi connectivity index (χ0v) is 14.4. The predicted octanol–water partition coefficient (Wildman–Crippen LogP) is 3.91. The summed E-state index contributed by atoms with van der Waals surface area (Å²) >= 11 is 7.23. The number of pyridine rings is 1. The molecule has 3 rings (SSSR count). The molecular formula is C15H11ClFN7S. The summed E-state index contributed by atoms with van der Waals surface area (Å²) < 4.78 is 13.0. The highest BCUT2D eigenvalue weighted by Gasteiger charge is 2.11. The Morgan fingerprint density at radius 2 is 2.12 bits per heavy atom. The number of nitrogens with zero attached hydrogens (tertiary/aromatic N) is 5. The third-order valence-electron chi connectivity index (χ3n) is 3.09. The van der Waals surface area contributed by atoms with Crippen molar-refractivity contribution in [3.8, 4) is 6.07 Å². The van der Waals surface area contributed by atoms with E-state index in [1.54, 1.807) is 12.1 Å². The molecule has 3 heterocycles. The lowest BCUT2D eigenvalue weighted by molar-refractivity contribution is 0.617. The van der Waals surface area contributed by atoms with E-state index in [0.717, 1.165) is 6.20 Å². The van der Waals surface area contributed by atoms with E-state index in [1.165, 1.54) is 23.6 Å². The maximum Gasteiger partial charge on any atom is 0.226 e. The Kier molecular flexibility index (Phi) is 5.02. The number of halogens is 2. The number of rotatable bonds is 5. The third-order valence-corrected chi connectivity index (χ3v) is 4.10.